The lowest BCUT2D eigenvalue weighted by atomic mass is 10.2. The van der Waals surface area contributed by atoms with E-state index in [-0.39, 0.29) is 29.9 Å². The molecule has 8 heteroatoms. The first-order valence-corrected chi connectivity index (χ1v) is 7.27. The first-order valence-electron chi connectivity index (χ1n) is 7.27. The molecule has 0 spiro atoms. The molecule has 1 aromatic heterocycles. The van der Waals surface area contributed by atoms with Crippen molar-refractivity contribution < 1.29 is 9.31 Å². The van der Waals surface area contributed by atoms with E-state index < -0.39 is 4.92 Å². The molecule has 1 heterocycles. The number of aromatic nitrogens is 2. The molecular formula is C15H16FN5O2. The van der Waals surface area contributed by atoms with Crippen LogP contribution >= 0.6 is 0 Å². The summed E-state index contributed by atoms with van der Waals surface area (Å²) in [4.78, 5) is 20.5. The van der Waals surface area contributed by atoms with Gasteiger partial charge in [0.15, 0.2) is 0 Å². The zero-order valence-electron chi connectivity index (χ0n) is 12.6. The summed E-state index contributed by atoms with van der Waals surface area (Å²) in [7, 11) is 1.72. The summed E-state index contributed by atoms with van der Waals surface area (Å²) in [5, 5.41) is 14.1. The van der Waals surface area contributed by atoms with Crippen molar-refractivity contribution >= 4 is 17.5 Å². The molecule has 7 nitrogen and oxygen atoms in total. The molecule has 1 saturated carbocycles. The van der Waals surface area contributed by atoms with Crippen molar-refractivity contribution in [1.82, 2.24) is 9.97 Å². The summed E-state index contributed by atoms with van der Waals surface area (Å²) in [5.74, 6) is 0.211. The van der Waals surface area contributed by atoms with E-state index in [4.69, 9.17) is 0 Å². The monoisotopic (exact) mass is 317 g/mol. The molecule has 0 atom stereocenters. The number of anilines is 2. The van der Waals surface area contributed by atoms with Crippen molar-refractivity contribution in [2.75, 3.05) is 17.3 Å². The van der Waals surface area contributed by atoms with Crippen LogP contribution in [0.3, 0.4) is 0 Å². The van der Waals surface area contributed by atoms with Crippen molar-refractivity contribution in [1.29, 1.82) is 0 Å². The quantitative estimate of drug-likeness (QED) is 0.651. The number of halogens is 1. The van der Waals surface area contributed by atoms with Crippen LogP contribution in [0.25, 0.3) is 0 Å². The number of nitrogens with one attached hydrogen (secondary N) is 1. The van der Waals surface area contributed by atoms with Gasteiger partial charge in [0.1, 0.15) is 12.0 Å². The third-order valence-electron chi connectivity index (χ3n) is 3.58. The van der Waals surface area contributed by atoms with Crippen LogP contribution in [-0.4, -0.2) is 28.0 Å². The largest absolute Gasteiger partial charge is 0.361 e. The maximum absolute atomic E-state index is 13.7. The van der Waals surface area contributed by atoms with Crippen molar-refractivity contribution in [3.05, 3.63) is 52.0 Å². The Balaban J connectivity index is 1.83. The summed E-state index contributed by atoms with van der Waals surface area (Å²) in [6, 6.07) is 6.68. The Kier molecular flexibility index (Phi) is 4.05. The Morgan fingerprint density at radius 3 is 2.83 bits per heavy atom. The van der Waals surface area contributed by atoms with Gasteiger partial charge in [-0.2, -0.15) is 4.98 Å². The molecule has 0 unspecified atom stereocenters. The van der Waals surface area contributed by atoms with Gasteiger partial charge in [0.2, 0.25) is 11.8 Å². The predicted molar refractivity (Wildman–Crippen MR) is 83.8 cm³/mol. The van der Waals surface area contributed by atoms with E-state index in [0.29, 0.717) is 11.5 Å². The fourth-order valence-corrected chi connectivity index (χ4v) is 2.16. The summed E-state index contributed by atoms with van der Waals surface area (Å²) < 4.78 is 13.7. The second-order valence-corrected chi connectivity index (χ2v) is 5.53. The van der Waals surface area contributed by atoms with Crippen molar-refractivity contribution in [3.63, 3.8) is 0 Å². The summed E-state index contributed by atoms with van der Waals surface area (Å²) in [5.41, 5.74) is 0.355. The number of nitro groups is 1. The van der Waals surface area contributed by atoms with Gasteiger partial charge in [0, 0.05) is 25.2 Å². The third-order valence-corrected chi connectivity index (χ3v) is 3.58. The number of nitrogens with zero attached hydrogens (tertiary/aromatic N) is 4. The Bertz CT molecular complexity index is 736. The van der Waals surface area contributed by atoms with Crippen LogP contribution in [0, 0.1) is 15.9 Å². The van der Waals surface area contributed by atoms with Crippen molar-refractivity contribution in [2.24, 2.45) is 0 Å². The molecule has 23 heavy (non-hydrogen) atoms. The highest BCUT2D eigenvalue weighted by atomic mass is 19.1. The fourth-order valence-electron chi connectivity index (χ4n) is 2.16. The molecule has 0 bridgehead atoms. The average Bonchev–Trinajstić information content (AvgIpc) is 3.33. The number of rotatable bonds is 6. The minimum atomic E-state index is -0.509. The highest BCUT2D eigenvalue weighted by Crippen LogP contribution is 2.30. The van der Waals surface area contributed by atoms with Crippen LogP contribution in [0.15, 0.2) is 30.5 Å². The minimum absolute atomic E-state index is 0.153. The van der Waals surface area contributed by atoms with E-state index in [9.17, 15) is 14.5 Å². The normalized spacial score (nSPS) is 13.7. The van der Waals surface area contributed by atoms with Crippen LogP contribution in [0.5, 0.6) is 0 Å². The highest BCUT2D eigenvalue weighted by Gasteiger charge is 2.27. The zero-order valence-corrected chi connectivity index (χ0v) is 12.6. The molecule has 1 N–H and O–H groups in total. The molecule has 3 rings (SSSR count). The standard InChI is InChI=1S/C15H16FN5O2/c1-20(9-10-4-2-3-5-12(10)16)15-17-8-13(21(22)23)14(19-15)18-11-6-7-11/h2-5,8,11H,6-7,9H2,1H3,(H,17,18,19). The van der Waals surface area contributed by atoms with Crippen LogP contribution in [0.1, 0.15) is 18.4 Å². The molecule has 0 amide bonds. The van der Waals surface area contributed by atoms with E-state index in [1.807, 2.05) is 0 Å². The lowest BCUT2D eigenvalue weighted by Gasteiger charge is -2.18. The van der Waals surface area contributed by atoms with Crippen LogP contribution in [0.2, 0.25) is 0 Å². The summed E-state index contributed by atoms with van der Waals surface area (Å²) >= 11 is 0. The average molecular weight is 317 g/mol. The van der Waals surface area contributed by atoms with Gasteiger partial charge < -0.3 is 10.2 Å². The summed E-state index contributed by atoms with van der Waals surface area (Å²) in [6.45, 7) is 0.271. The maximum atomic E-state index is 13.7. The first-order chi connectivity index (χ1) is 11.0. The Morgan fingerprint density at radius 1 is 1.43 bits per heavy atom. The lowest BCUT2D eigenvalue weighted by molar-refractivity contribution is -0.384. The highest BCUT2D eigenvalue weighted by molar-refractivity contribution is 5.58. The first kappa shape index (κ1) is 15.1. The van der Waals surface area contributed by atoms with Crippen molar-refractivity contribution in [2.45, 2.75) is 25.4 Å². The van der Waals surface area contributed by atoms with E-state index >= 15 is 0 Å². The van der Waals surface area contributed by atoms with E-state index in [1.54, 1.807) is 30.1 Å². The smallest absolute Gasteiger partial charge is 0.329 e. The molecular weight excluding hydrogens is 301 g/mol. The molecule has 1 fully saturated rings. The molecule has 0 aliphatic heterocycles. The predicted octanol–water partition coefficient (Wildman–Crippen LogP) is 2.73. The van der Waals surface area contributed by atoms with Gasteiger partial charge in [0.05, 0.1) is 4.92 Å². The molecule has 1 aliphatic rings. The summed E-state index contributed by atoms with van der Waals surface area (Å²) in [6.07, 6.45) is 3.13. The molecule has 120 valence electrons. The molecule has 0 radical (unpaired) electrons. The van der Waals surface area contributed by atoms with Gasteiger partial charge in [-0.05, 0) is 18.9 Å². The van der Waals surface area contributed by atoms with E-state index in [2.05, 4.69) is 15.3 Å². The minimum Gasteiger partial charge on any atom is -0.361 e. The topological polar surface area (TPSA) is 84.2 Å². The second-order valence-electron chi connectivity index (χ2n) is 5.53. The molecule has 1 aromatic carbocycles. The van der Waals surface area contributed by atoms with Gasteiger partial charge in [-0.15, -0.1) is 0 Å². The third kappa shape index (κ3) is 3.53. The Morgan fingerprint density at radius 2 is 2.17 bits per heavy atom. The Hall–Kier alpha value is -2.77. The number of hydrogen-bond acceptors (Lipinski definition) is 6. The molecule has 0 saturated heterocycles. The maximum Gasteiger partial charge on any atom is 0.329 e. The number of benzene rings is 1. The molecule has 1 aliphatic carbocycles. The van der Waals surface area contributed by atoms with Crippen LogP contribution < -0.4 is 10.2 Å². The SMILES string of the molecule is CN(Cc1ccccc1F)c1ncc([N+](=O)[O-])c(NC2CC2)n1. The lowest BCUT2D eigenvalue weighted by Crippen LogP contribution is -2.21. The van der Waals surface area contributed by atoms with Gasteiger partial charge in [-0.1, -0.05) is 18.2 Å². The van der Waals surface area contributed by atoms with E-state index in [1.165, 1.54) is 12.3 Å². The van der Waals surface area contributed by atoms with Crippen LogP contribution in [0.4, 0.5) is 21.8 Å². The van der Waals surface area contributed by atoms with E-state index in [0.717, 1.165) is 12.8 Å². The van der Waals surface area contributed by atoms with Gasteiger partial charge in [0.25, 0.3) is 0 Å². The van der Waals surface area contributed by atoms with Crippen LogP contribution in [-0.2, 0) is 6.54 Å². The van der Waals surface area contributed by atoms with Gasteiger partial charge in [-0.3, -0.25) is 10.1 Å². The number of hydrogen-bond donors (Lipinski definition) is 1. The van der Waals surface area contributed by atoms with Gasteiger partial charge >= 0.3 is 5.69 Å². The zero-order chi connectivity index (χ0) is 16.4. The molecule has 2 aromatic rings. The Labute approximate surface area is 132 Å². The fraction of sp³-hybridized carbons (Fsp3) is 0.333. The second kappa shape index (κ2) is 6.15. The van der Waals surface area contributed by atoms with Gasteiger partial charge in [-0.25, -0.2) is 9.37 Å². The van der Waals surface area contributed by atoms with Crippen molar-refractivity contribution in [3.8, 4) is 0 Å².